The second kappa shape index (κ2) is 5.41. The molecule has 1 aromatic heterocycles. The Kier molecular flexibility index (Phi) is 3.90. The van der Waals surface area contributed by atoms with Gasteiger partial charge in [0.2, 0.25) is 5.91 Å². The van der Waals surface area contributed by atoms with Crippen molar-refractivity contribution < 1.29 is 4.79 Å². The van der Waals surface area contributed by atoms with E-state index in [0.717, 1.165) is 19.4 Å². The van der Waals surface area contributed by atoms with Crippen LogP contribution in [0.2, 0.25) is 0 Å². The quantitative estimate of drug-likeness (QED) is 0.790. The minimum Gasteiger partial charge on any atom is -0.353 e. The van der Waals surface area contributed by atoms with Gasteiger partial charge in [0.05, 0.1) is 5.51 Å². The van der Waals surface area contributed by atoms with Gasteiger partial charge in [-0.15, -0.1) is 11.3 Å². The van der Waals surface area contributed by atoms with Crippen LogP contribution in [0.25, 0.3) is 0 Å². The van der Waals surface area contributed by atoms with Crippen LogP contribution in [0.5, 0.6) is 0 Å². The molecule has 4 nitrogen and oxygen atoms in total. The molecule has 1 aliphatic rings. The number of aromatic nitrogens is 1. The monoisotopic (exact) mass is 239 g/mol. The predicted molar refractivity (Wildman–Crippen MR) is 64.3 cm³/mol. The van der Waals surface area contributed by atoms with Crippen LogP contribution in [0.1, 0.15) is 37.1 Å². The van der Waals surface area contributed by atoms with Gasteiger partial charge in [-0.1, -0.05) is 0 Å². The first-order valence-corrected chi connectivity index (χ1v) is 6.55. The zero-order valence-corrected chi connectivity index (χ0v) is 10.2. The Bertz CT molecular complexity index is 335. The Hall–Kier alpha value is -0.940. The minimum absolute atomic E-state index is 0.159. The standard InChI is InChI=1S/C11H17N3OS/c1-8(10-6-12-7-16-10)13-5-4-11(15)14-9-2-3-9/h6-9,13H,2-5H2,1H3,(H,14,15). The lowest BCUT2D eigenvalue weighted by molar-refractivity contribution is -0.121. The molecule has 1 aromatic rings. The molecule has 0 radical (unpaired) electrons. The first-order chi connectivity index (χ1) is 7.75. The zero-order valence-electron chi connectivity index (χ0n) is 9.40. The maximum absolute atomic E-state index is 11.4. The SMILES string of the molecule is CC(NCCC(=O)NC1CC1)c1cncs1. The van der Waals surface area contributed by atoms with Crippen LogP contribution in [0, 0.1) is 0 Å². The lowest BCUT2D eigenvalue weighted by atomic mass is 10.3. The van der Waals surface area contributed by atoms with Crippen LogP contribution in [0.4, 0.5) is 0 Å². The number of carbonyl (C=O) groups is 1. The Morgan fingerprint density at radius 2 is 2.50 bits per heavy atom. The molecule has 0 aliphatic heterocycles. The Labute approximate surface area is 99.5 Å². The summed E-state index contributed by atoms with van der Waals surface area (Å²) in [5.74, 6) is 0.159. The van der Waals surface area contributed by atoms with E-state index < -0.39 is 0 Å². The smallest absolute Gasteiger partial charge is 0.221 e. The summed E-state index contributed by atoms with van der Waals surface area (Å²) in [6.45, 7) is 2.81. The third-order valence-electron chi connectivity index (χ3n) is 2.62. The van der Waals surface area contributed by atoms with Gasteiger partial charge >= 0.3 is 0 Å². The molecule has 1 heterocycles. The number of nitrogens with zero attached hydrogens (tertiary/aromatic N) is 1. The number of thiazole rings is 1. The number of hydrogen-bond acceptors (Lipinski definition) is 4. The second-order valence-electron chi connectivity index (χ2n) is 4.17. The average molecular weight is 239 g/mol. The molecule has 1 amide bonds. The van der Waals surface area contributed by atoms with Gasteiger partial charge in [0.25, 0.3) is 0 Å². The van der Waals surface area contributed by atoms with E-state index in [0.29, 0.717) is 12.5 Å². The normalized spacial score (nSPS) is 17.1. The summed E-state index contributed by atoms with van der Waals surface area (Å²) in [5.41, 5.74) is 1.83. The van der Waals surface area contributed by atoms with E-state index >= 15 is 0 Å². The molecule has 1 atom stereocenters. The fourth-order valence-electron chi connectivity index (χ4n) is 1.47. The van der Waals surface area contributed by atoms with Crippen LogP contribution in [0.3, 0.4) is 0 Å². The molecule has 0 bridgehead atoms. The maximum atomic E-state index is 11.4. The predicted octanol–water partition coefficient (Wildman–Crippen LogP) is 1.46. The van der Waals surface area contributed by atoms with Crippen molar-refractivity contribution in [2.75, 3.05) is 6.54 Å². The highest BCUT2D eigenvalue weighted by atomic mass is 32.1. The Morgan fingerprint density at radius 3 is 3.12 bits per heavy atom. The first kappa shape index (κ1) is 11.5. The molecule has 1 fully saturated rings. The van der Waals surface area contributed by atoms with Crippen LogP contribution >= 0.6 is 11.3 Å². The lowest BCUT2D eigenvalue weighted by Gasteiger charge is -2.11. The average Bonchev–Trinajstić information content (AvgIpc) is 2.90. The molecule has 1 unspecified atom stereocenters. The summed E-state index contributed by atoms with van der Waals surface area (Å²) in [4.78, 5) is 16.6. The zero-order chi connectivity index (χ0) is 11.4. The molecular formula is C11H17N3OS. The molecule has 88 valence electrons. The molecule has 0 aromatic carbocycles. The largest absolute Gasteiger partial charge is 0.353 e. The summed E-state index contributed by atoms with van der Waals surface area (Å²) in [7, 11) is 0. The fourth-order valence-corrected chi connectivity index (χ4v) is 2.12. The van der Waals surface area contributed by atoms with E-state index in [4.69, 9.17) is 0 Å². The Morgan fingerprint density at radius 1 is 1.69 bits per heavy atom. The van der Waals surface area contributed by atoms with E-state index in [1.54, 1.807) is 11.3 Å². The van der Waals surface area contributed by atoms with Crippen molar-refractivity contribution in [3.05, 3.63) is 16.6 Å². The van der Waals surface area contributed by atoms with Crippen molar-refractivity contribution in [1.82, 2.24) is 15.6 Å². The van der Waals surface area contributed by atoms with Crippen molar-refractivity contribution in [3.63, 3.8) is 0 Å². The topological polar surface area (TPSA) is 54.0 Å². The lowest BCUT2D eigenvalue weighted by Crippen LogP contribution is -2.29. The number of rotatable bonds is 6. The first-order valence-electron chi connectivity index (χ1n) is 5.67. The summed E-state index contributed by atoms with van der Waals surface area (Å²) in [6.07, 6.45) is 4.72. The summed E-state index contributed by atoms with van der Waals surface area (Å²) in [5, 5.41) is 6.29. The van der Waals surface area contributed by atoms with E-state index in [9.17, 15) is 4.79 Å². The number of nitrogens with one attached hydrogen (secondary N) is 2. The van der Waals surface area contributed by atoms with Gasteiger partial charge in [-0.25, -0.2) is 0 Å². The summed E-state index contributed by atoms with van der Waals surface area (Å²) < 4.78 is 0. The van der Waals surface area contributed by atoms with Crippen LogP contribution < -0.4 is 10.6 Å². The van der Waals surface area contributed by atoms with E-state index in [2.05, 4.69) is 22.5 Å². The molecule has 2 N–H and O–H groups in total. The van der Waals surface area contributed by atoms with Gasteiger partial charge in [0.1, 0.15) is 0 Å². The van der Waals surface area contributed by atoms with E-state index in [-0.39, 0.29) is 11.9 Å². The second-order valence-corrected chi connectivity index (χ2v) is 5.09. The van der Waals surface area contributed by atoms with Crippen LogP contribution in [-0.4, -0.2) is 23.5 Å². The number of amides is 1. The minimum atomic E-state index is 0.159. The summed E-state index contributed by atoms with van der Waals surface area (Å²) in [6, 6.07) is 0.743. The van der Waals surface area contributed by atoms with Crippen molar-refractivity contribution in [3.8, 4) is 0 Å². The van der Waals surface area contributed by atoms with Gasteiger partial charge in [-0.3, -0.25) is 9.78 Å². The highest BCUT2D eigenvalue weighted by molar-refractivity contribution is 7.09. The van der Waals surface area contributed by atoms with Gasteiger partial charge in [-0.05, 0) is 19.8 Å². The van der Waals surface area contributed by atoms with Gasteiger partial charge in [-0.2, -0.15) is 0 Å². The molecule has 5 heteroatoms. The van der Waals surface area contributed by atoms with Gasteiger partial charge in [0.15, 0.2) is 0 Å². The molecule has 1 aliphatic carbocycles. The van der Waals surface area contributed by atoms with Crippen LogP contribution in [-0.2, 0) is 4.79 Å². The molecule has 1 saturated carbocycles. The molecular weight excluding hydrogens is 222 g/mol. The highest BCUT2D eigenvalue weighted by Gasteiger charge is 2.22. The number of hydrogen-bond donors (Lipinski definition) is 2. The molecule has 16 heavy (non-hydrogen) atoms. The Balaban J connectivity index is 1.61. The van der Waals surface area contributed by atoms with Crippen molar-refractivity contribution in [2.45, 2.75) is 38.3 Å². The molecule has 0 spiro atoms. The maximum Gasteiger partial charge on any atom is 0.221 e. The van der Waals surface area contributed by atoms with E-state index in [1.807, 2.05) is 11.7 Å². The third-order valence-corrected chi connectivity index (χ3v) is 3.58. The van der Waals surface area contributed by atoms with E-state index in [1.165, 1.54) is 4.88 Å². The van der Waals surface area contributed by atoms with Crippen molar-refractivity contribution in [2.24, 2.45) is 0 Å². The van der Waals surface area contributed by atoms with Crippen LogP contribution in [0.15, 0.2) is 11.7 Å². The highest BCUT2D eigenvalue weighted by Crippen LogP contribution is 2.18. The summed E-state index contributed by atoms with van der Waals surface area (Å²) >= 11 is 1.64. The van der Waals surface area contributed by atoms with Gasteiger partial charge < -0.3 is 10.6 Å². The third kappa shape index (κ3) is 3.57. The molecule has 0 saturated heterocycles. The van der Waals surface area contributed by atoms with Crippen molar-refractivity contribution >= 4 is 17.2 Å². The van der Waals surface area contributed by atoms with Gasteiger partial charge in [0, 0.05) is 36.1 Å². The number of carbonyl (C=O) groups excluding carboxylic acids is 1. The fraction of sp³-hybridized carbons (Fsp3) is 0.636. The van der Waals surface area contributed by atoms with Crippen molar-refractivity contribution in [1.29, 1.82) is 0 Å². The molecule has 2 rings (SSSR count).